The van der Waals surface area contributed by atoms with Crippen molar-refractivity contribution in [2.24, 2.45) is 5.92 Å². The number of carboxylic acids is 1. The number of hydrogen-bond donors (Lipinski definition) is 1. The average molecular weight is 459 g/mol. The van der Waals surface area contributed by atoms with Crippen LogP contribution in [0.2, 0.25) is 0 Å². The predicted molar refractivity (Wildman–Crippen MR) is 131 cm³/mol. The van der Waals surface area contributed by atoms with Gasteiger partial charge in [0.2, 0.25) is 0 Å². The Morgan fingerprint density at radius 2 is 1.56 bits per heavy atom. The van der Waals surface area contributed by atoms with Crippen LogP contribution in [0.1, 0.15) is 37.3 Å². The van der Waals surface area contributed by atoms with Crippen LogP contribution in [-0.4, -0.2) is 54.9 Å². The molecule has 2 aliphatic heterocycles. The molecule has 0 saturated carbocycles. The van der Waals surface area contributed by atoms with Gasteiger partial charge in [0.1, 0.15) is 0 Å². The van der Waals surface area contributed by atoms with Crippen LogP contribution in [0.5, 0.6) is 0 Å². The molecule has 2 aromatic carbocycles. The van der Waals surface area contributed by atoms with Crippen LogP contribution in [0, 0.1) is 5.92 Å². The Bertz CT molecular complexity index is 835. The molecule has 2 aromatic rings. The molecular formula is C26H35ClN2O3. The van der Waals surface area contributed by atoms with Crippen LogP contribution in [0.15, 0.2) is 48.5 Å². The Kier molecular flexibility index (Phi) is 8.97. The summed E-state index contributed by atoms with van der Waals surface area (Å²) in [5.41, 5.74) is 5.33. The number of fused-ring (bicyclic) bond motifs is 2. The van der Waals surface area contributed by atoms with E-state index in [1.54, 1.807) is 0 Å². The Hall–Kier alpha value is -2.08. The third kappa shape index (κ3) is 5.83. The zero-order valence-electron chi connectivity index (χ0n) is 18.9. The monoisotopic (exact) mass is 458 g/mol. The zero-order chi connectivity index (χ0) is 21.6. The van der Waals surface area contributed by atoms with Gasteiger partial charge in [-0.25, -0.2) is 0 Å². The standard InChI is InChI=1S/C26H34N2O3.ClH/c1-2-17-31-23(18-27-15-13-22(14-16-27)26(29)30)19-28-24-9-5-3-7-20(24)11-12-21-8-4-6-10-25(21)28;/h3-10,22-23H,2,11-19H2,1H3,(H,29,30);1H. The van der Waals surface area contributed by atoms with Gasteiger partial charge in [-0.3, -0.25) is 4.79 Å². The van der Waals surface area contributed by atoms with Gasteiger partial charge in [-0.1, -0.05) is 43.3 Å². The molecule has 1 fully saturated rings. The van der Waals surface area contributed by atoms with Gasteiger partial charge in [0.25, 0.3) is 0 Å². The number of likely N-dealkylation sites (tertiary alicyclic amines) is 1. The lowest BCUT2D eigenvalue weighted by molar-refractivity contribution is -0.143. The summed E-state index contributed by atoms with van der Waals surface area (Å²) < 4.78 is 6.34. The molecule has 6 heteroatoms. The smallest absolute Gasteiger partial charge is 0.306 e. The number of hydrogen-bond acceptors (Lipinski definition) is 4. The third-order valence-electron chi connectivity index (χ3n) is 6.57. The number of para-hydroxylation sites is 2. The second-order valence-electron chi connectivity index (χ2n) is 8.77. The lowest BCUT2D eigenvalue weighted by Crippen LogP contribution is -2.44. The lowest BCUT2D eigenvalue weighted by atomic mass is 9.97. The summed E-state index contributed by atoms with van der Waals surface area (Å²) in [7, 11) is 0. The van der Waals surface area contributed by atoms with Gasteiger partial charge in [0.15, 0.2) is 0 Å². The van der Waals surface area contributed by atoms with Crippen molar-refractivity contribution in [3.05, 3.63) is 59.7 Å². The minimum Gasteiger partial charge on any atom is -0.481 e. The molecule has 0 spiro atoms. The SMILES string of the molecule is CCCOC(CN1CCC(C(=O)O)CC1)CN1c2ccccc2CCc2ccccc21.Cl. The Morgan fingerprint density at radius 1 is 1.00 bits per heavy atom. The van der Waals surface area contributed by atoms with Crippen LogP contribution in [0.25, 0.3) is 0 Å². The van der Waals surface area contributed by atoms with E-state index in [1.165, 1.54) is 22.5 Å². The highest BCUT2D eigenvalue weighted by Crippen LogP contribution is 2.36. The number of aryl methyl sites for hydroxylation is 2. The first-order valence-corrected chi connectivity index (χ1v) is 11.7. The van der Waals surface area contributed by atoms with Crippen molar-refractivity contribution in [3.63, 3.8) is 0 Å². The topological polar surface area (TPSA) is 53.0 Å². The molecule has 1 unspecified atom stereocenters. The number of benzene rings is 2. The number of rotatable bonds is 8. The van der Waals surface area contributed by atoms with E-state index in [0.717, 1.165) is 64.9 Å². The Labute approximate surface area is 197 Å². The zero-order valence-corrected chi connectivity index (χ0v) is 19.7. The van der Waals surface area contributed by atoms with Gasteiger partial charge >= 0.3 is 5.97 Å². The fourth-order valence-electron chi connectivity index (χ4n) is 4.87. The quantitative estimate of drug-likeness (QED) is 0.607. The first-order valence-electron chi connectivity index (χ1n) is 11.7. The van der Waals surface area contributed by atoms with Crippen LogP contribution in [0.3, 0.4) is 0 Å². The first kappa shape index (κ1) is 24.6. The summed E-state index contributed by atoms with van der Waals surface area (Å²) in [6, 6.07) is 17.4. The minimum absolute atomic E-state index is 0. The normalized spacial score (nSPS) is 17.6. The maximum Gasteiger partial charge on any atom is 0.306 e. The fraction of sp³-hybridized carbons (Fsp3) is 0.500. The van der Waals surface area contributed by atoms with Gasteiger partial charge in [0, 0.05) is 24.5 Å². The van der Waals surface area contributed by atoms with E-state index in [1.807, 2.05) is 0 Å². The highest BCUT2D eigenvalue weighted by Gasteiger charge is 2.28. The Balaban J connectivity index is 0.00000289. The molecule has 4 rings (SSSR count). The number of halogens is 1. The maximum atomic E-state index is 11.3. The highest BCUT2D eigenvalue weighted by atomic mass is 35.5. The number of aliphatic carboxylic acids is 1. The van der Waals surface area contributed by atoms with E-state index in [0.29, 0.717) is 0 Å². The van der Waals surface area contributed by atoms with Gasteiger partial charge in [-0.15, -0.1) is 12.4 Å². The third-order valence-corrected chi connectivity index (χ3v) is 6.57. The number of carboxylic acid groups (broad SMARTS) is 1. The summed E-state index contributed by atoms with van der Waals surface area (Å²) in [5, 5.41) is 9.30. The van der Waals surface area contributed by atoms with E-state index in [9.17, 15) is 9.90 Å². The maximum absolute atomic E-state index is 11.3. The van der Waals surface area contributed by atoms with E-state index in [-0.39, 0.29) is 24.4 Å². The summed E-state index contributed by atoms with van der Waals surface area (Å²) >= 11 is 0. The van der Waals surface area contributed by atoms with Crippen molar-refractivity contribution >= 4 is 29.8 Å². The molecule has 1 saturated heterocycles. The molecule has 1 atom stereocenters. The van der Waals surface area contributed by atoms with Crippen LogP contribution < -0.4 is 4.90 Å². The van der Waals surface area contributed by atoms with Crippen molar-refractivity contribution in [3.8, 4) is 0 Å². The Morgan fingerprint density at radius 3 is 2.09 bits per heavy atom. The average Bonchev–Trinajstić information content (AvgIpc) is 2.95. The van der Waals surface area contributed by atoms with Crippen molar-refractivity contribution in [1.82, 2.24) is 4.90 Å². The number of carbonyl (C=O) groups is 1. The molecule has 32 heavy (non-hydrogen) atoms. The molecule has 174 valence electrons. The van der Waals surface area contributed by atoms with Crippen molar-refractivity contribution in [1.29, 1.82) is 0 Å². The minimum atomic E-state index is -0.656. The largest absolute Gasteiger partial charge is 0.481 e. The van der Waals surface area contributed by atoms with Crippen molar-refractivity contribution in [2.45, 2.75) is 45.1 Å². The van der Waals surface area contributed by atoms with Gasteiger partial charge in [0.05, 0.1) is 18.6 Å². The van der Waals surface area contributed by atoms with Crippen molar-refractivity contribution in [2.75, 3.05) is 37.7 Å². The molecule has 0 bridgehead atoms. The number of nitrogens with zero attached hydrogens (tertiary/aromatic N) is 2. The first-order chi connectivity index (χ1) is 15.2. The number of ether oxygens (including phenoxy) is 1. The van der Waals surface area contributed by atoms with Gasteiger partial charge in [-0.05, 0) is 68.5 Å². The molecule has 0 aromatic heterocycles. The number of anilines is 2. The van der Waals surface area contributed by atoms with Crippen LogP contribution in [-0.2, 0) is 22.4 Å². The fourth-order valence-corrected chi connectivity index (χ4v) is 4.87. The molecule has 0 radical (unpaired) electrons. The van der Waals surface area contributed by atoms with Gasteiger partial charge < -0.3 is 19.6 Å². The second kappa shape index (κ2) is 11.7. The molecule has 5 nitrogen and oxygen atoms in total. The number of piperidine rings is 1. The van der Waals surface area contributed by atoms with Crippen molar-refractivity contribution < 1.29 is 14.6 Å². The lowest BCUT2D eigenvalue weighted by Gasteiger charge is -2.36. The molecule has 1 N–H and O–H groups in total. The van der Waals surface area contributed by atoms with E-state index in [2.05, 4.69) is 65.3 Å². The summed E-state index contributed by atoms with van der Waals surface area (Å²) in [6.07, 6.45) is 4.61. The summed E-state index contributed by atoms with van der Waals surface area (Å²) in [5.74, 6) is -0.855. The molecule has 2 aliphatic rings. The predicted octanol–water partition coefficient (Wildman–Crippen LogP) is 4.94. The second-order valence-corrected chi connectivity index (χ2v) is 8.77. The molecular weight excluding hydrogens is 424 g/mol. The van der Waals surface area contributed by atoms with E-state index < -0.39 is 5.97 Å². The van der Waals surface area contributed by atoms with Crippen LogP contribution >= 0.6 is 12.4 Å². The summed E-state index contributed by atoms with van der Waals surface area (Å²) in [4.78, 5) is 16.1. The molecule has 2 heterocycles. The summed E-state index contributed by atoms with van der Waals surface area (Å²) in [6.45, 7) is 6.19. The van der Waals surface area contributed by atoms with Crippen LogP contribution in [0.4, 0.5) is 11.4 Å². The molecule has 0 amide bonds. The van der Waals surface area contributed by atoms with Gasteiger partial charge in [-0.2, -0.15) is 0 Å². The molecule has 0 aliphatic carbocycles. The highest BCUT2D eigenvalue weighted by molar-refractivity contribution is 5.85. The van der Waals surface area contributed by atoms with E-state index in [4.69, 9.17) is 4.74 Å². The van der Waals surface area contributed by atoms with E-state index >= 15 is 0 Å².